The topological polar surface area (TPSA) is 53.0 Å². The third kappa shape index (κ3) is 4.60. The first kappa shape index (κ1) is 22.5. The maximum Gasteiger partial charge on any atom is 0.257 e. The summed E-state index contributed by atoms with van der Waals surface area (Å²) in [5, 5.41) is 10.2. The number of amides is 1. The summed E-state index contributed by atoms with van der Waals surface area (Å²) < 4.78 is 19.8. The van der Waals surface area contributed by atoms with Crippen molar-refractivity contribution in [2.45, 2.75) is 16.2 Å². The molecule has 152 valence electrons. The molecule has 28 heavy (non-hydrogen) atoms. The molecule has 1 aliphatic rings. The largest absolute Gasteiger partial charge is 0.497 e. The Labute approximate surface area is 174 Å². The number of likely N-dealkylation sites (N-methyl/N-ethyl adjacent to an activating group) is 1. The molecule has 0 saturated carbocycles. The first-order chi connectivity index (χ1) is 12.9. The molecule has 0 bridgehead atoms. The van der Waals surface area contributed by atoms with Gasteiger partial charge in [0.15, 0.2) is 0 Å². The Kier molecular flexibility index (Phi) is 7.71. The van der Waals surface area contributed by atoms with Crippen LogP contribution in [-0.4, -0.2) is 56.3 Å². The van der Waals surface area contributed by atoms with Gasteiger partial charge in [0.25, 0.3) is 5.91 Å². The maximum atomic E-state index is 14.6. The summed E-state index contributed by atoms with van der Waals surface area (Å²) in [6.45, 7) is 0.974. The normalized spacial score (nSPS) is 19.1. The second kappa shape index (κ2) is 9.60. The molecular weight excluding hydrogens is 403 g/mol. The number of ether oxygens (including phenoxy) is 1. The van der Waals surface area contributed by atoms with E-state index in [4.69, 9.17) is 4.74 Å². The number of halogens is 2. The molecule has 0 unspecified atom stereocenters. The molecule has 0 spiro atoms. The van der Waals surface area contributed by atoms with Crippen LogP contribution in [0.5, 0.6) is 5.75 Å². The summed E-state index contributed by atoms with van der Waals surface area (Å²) in [4.78, 5) is 16.8. The van der Waals surface area contributed by atoms with Crippen LogP contribution in [-0.2, 0) is 4.79 Å². The van der Waals surface area contributed by atoms with E-state index in [0.29, 0.717) is 29.4 Å². The average Bonchev–Trinajstić information content (AvgIpc) is 2.76. The van der Waals surface area contributed by atoms with Crippen molar-refractivity contribution in [1.29, 1.82) is 0 Å². The van der Waals surface area contributed by atoms with Crippen LogP contribution in [0.2, 0.25) is 0 Å². The predicted octanol–water partition coefficient (Wildman–Crippen LogP) is 3.36. The Morgan fingerprint density at radius 1 is 1.21 bits per heavy atom. The van der Waals surface area contributed by atoms with Crippen molar-refractivity contribution in [3.63, 3.8) is 0 Å². The summed E-state index contributed by atoms with van der Waals surface area (Å²) >= 11 is 1.18. The number of thioether (sulfide) groups is 1. The summed E-state index contributed by atoms with van der Waals surface area (Å²) in [5.74, 6) is -0.139. The van der Waals surface area contributed by atoms with E-state index in [0.717, 1.165) is 5.56 Å². The molecular formula is C20H24ClFN2O3S. The highest BCUT2D eigenvalue weighted by Crippen LogP contribution is 2.46. The lowest BCUT2D eigenvalue weighted by Gasteiger charge is -2.26. The highest BCUT2D eigenvalue weighted by Gasteiger charge is 2.38. The van der Waals surface area contributed by atoms with Crippen molar-refractivity contribution in [2.24, 2.45) is 0 Å². The van der Waals surface area contributed by atoms with Crippen LogP contribution < -0.4 is 9.64 Å². The number of hydrogen-bond donors (Lipinski definition) is 1. The molecule has 0 fully saturated rings. The molecule has 3 rings (SSSR count). The minimum absolute atomic E-state index is 0. The van der Waals surface area contributed by atoms with Crippen molar-refractivity contribution in [2.75, 3.05) is 39.2 Å². The molecule has 0 saturated heterocycles. The molecule has 0 aromatic heterocycles. The van der Waals surface area contributed by atoms with Crippen LogP contribution in [0.3, 0.4) is 0 Å². The minimum Gasteiger partial charge on any atom is -0.497 e. The zero-order valence-corrected chi connectivity index (χ0v) is 17.6. The lowest BCUT2D eigenvalue weighted by molar-refractivity contribution is -0.126. The van der Waals surface area contributed by atoms with Gasteiger partial charge < -0.3 is 19.6 Å². The molecule has 0 aliphatic carbocycles. The van der Waals surface area contributed by atoms with Gasteiger partial charge in [0, 0.05) is 13.1 Å². The Morgan fingerprint density at radius 3 is 2.50 bits per heavy atom. The van der Waals surface area contributed by atoms with Gasteiger partial charge in [-0.15, -0.1) is 24.2 Å². The van der Waals surface area contributed by atoms with E-state index >= 15 is 0 Å². The number of aliphatic hydroxyl groups excluding tert-OH is 1. The Hall–Kier alpha value is -1.80. The Bertz CT molecular complexity index is 820. The van der Waals surface area contributed by atoms with Crippen LogP contribution >= 0.6 is 24.2 Å². The fourth-order valence-electron chi connectivity index (χ4n) is 3.00. The molecule has 1 aliphatic heterocycles. The average molecular weight is 427 g/mol. The molecule has 5 nitrogen and oxygen atoms in total. The van der Waals surface area contributed by atoms with Gasteiger partial charge in [-0.05, 0) is 43.9 Å². The number of rotatable bonds is 5. The van der Waals surface area contributed by atoms with E-state index in [-0.39, 0.29) is 12.4 Å². The predicted molar refractivity (Wildman–Crippen MR) is 112 cm³/mol. The second-order valence-corrected chi connectivity index (χ2v) is 7.79. The Balaban J connectivity index is 0.00000280. The van der Waals surface area contributed by atoms with E-state index in [1.165, 1.54) is 22.7 Å². The van der Waals surface area contributed by atoms with Crippen LogP contribution in [0.4, 0.5) is 10.1 Å². The number of methoxy groups -OCH3 is 1. The van der Waals surface area contributed by atoms with Crippen molar-refractivity contribution < 1.29 is 19.0 Å². The monoisotopic (exact) mass is 426 g/mol. The van der Waals surface area contributed by atoms with Gasteiger partial charge in [0.2, 0.25) is 0 Å². The number of anilines is 1. The molecule has 2 aromatic carbocycles. The van der Waals surface area contributed by atoms with Gasteiger partial charge in [0.05, 0.1) is 22.9 Å². The van der Waals surface area contributed by atoms with Crippen LogP contribution in [0, 0.1) is 5.82 Å². The maximum absolute atomic E-state index is 14.6. The Morgan fingerprint density at radius 2 is 1.89 bits per heavy atom. The summed E-state index contributed by atoms with van der Waals surface area (Å²) in [6, 6.07) is 11.8. The summed E-state index contributed by atoms with van der Waals surface area (Å²) in [7, 11) is 5.38. The van der Waals surface area contributed by atoms with Gasteiger partial charge in [-0.1, -0.05) is 18.2 Å². The van der Waals surface area contributed by atoms with E-state index in [9.17, 15) is 14.3 Å². The van der Waals surface area contributed by atoms with E-state index < -0.39 is 23.1 Å². The number of benzene rings is 2. The van der Waals surface area contributed by atoms with Gasteiger partial charge in [-0.25, -0.2) is 4.39 Å². The first-order valence-corrected chi connectivity index (χ1v) is 9.53. The number of nitrogens with zero attached hydrogens (tertiary/aromatic N) is 2. The standard InChI is InChI=1S/C20H23FN2O3S.ClH/c1-22(2)11-12-23-16-6-4-5-15(21)19(16)27-18(17(24)20(23)25)13-7-9-14(26-3)10-8-13;/h4-10,17-18,24H,11-12H2,1-3H3;1H/t17-,18+;/m0./s1. The second-order valence-electron chi connectivity index (χ2n) is 6.64. The fraction of sp³-hybridized carbons (Fsp3) is 0.350. The molecule has 2 aromatic rings. The third-order valence-corrected chi connectivity index (χ3v) is 5.93. The third-order valence-electron chi connectivity index (χ3n) is 4.50. The number of carbonyl (C=O) groups excluding carboxylic acids is 1. The van der Waals surface area contributed by atoms with E-state index in [1.54, 1.807) is 43.5 Å². The number of fused-ring (bicyclic) bond motifs is 1. The van der Waals surface area contributed by atoms with Gasteiger partial charge in [0.1, 0.15) is 17.7 Å². The number of carbonyl (C=O) groups is 1. The number of hydrogen-bond acceptors (Lipinski definition) is 5. The molecule has 1 heterocycles. The van der Waals surface area contributed by atoms with E-state index in [2.05, 4.69) is 0 Å². The lowest BCUT2D eigenvalue weighted by Crippen LogP contribution is -2.43. The fourth-order valence-corrected chi connectivity index (χ4v) is 4.27. The smallest absolute Gasteiger partial charge is 0.257 e. The highest BCUT2D eigenvalue weighted by atomic mass is 35.5. The molecule has 8 heteroatoms. The quantitative estimate of drug-likeness (QED) is 0.794. The van der Waals surface area contributed by atoms with Crippen LogP contribution in [0.25, 0.3) is 0 Å². The molecule has 1 N–H and O–H groups in total. The summed E-state index contributed by atoms with van der Waals surface area (Å²) in [6.07, 6.45) is -1.28. The van der Waals surface area contributed by atoms with Gasteiger partial charge >= 0.3 is 0 Å². The zero-order valence-electron chi connectivity index (χ0n) is 16.0. The van der Waals surface area contributed by atoms with E-state index in [1.807, 2.05) is 19.0 Å². The van der Waals surface area contributed by atoms with Crippen molar-refractivity contribution in [3.8, 4) is 5.75 Å². The van der Waals surface area contributed by atoms with Gasteiger partial charge in [-0.3, -0.25) is 4.79 Å². The first-order valence-electron chi connectivity index (χ1n) is 8.65. The lowest BCUT2D eigenvalue weighted by atomic mass is 10.1. The minimum atomic E-state index is -1.28. The van der Waals surface area contributed by atoms with Crippen molar-refractivity contribution in [3.05, 3.63) is 53.8 Å². The zero-order chi connectivity index (χ0) is 19.6. The molecule has 2 atom stereocenters. The van der Waals surface area contributed by atoms with Gasteiger partial charge in [-0.2, -0.15) is 0 Å². The number of aliphatic hydroxyl groups is 1. The van der Waals surface area contributed by atoms with Crippen molar-refractivity contribution >= 4 is 35.8 Å². The van der Waals surface area contributed by atoms with Crippen molar-refractivity contribution in [1.82, 2.24) is 4.90 Å². The van der Waals surface area contributed by atoms with Crippen LogP contribution in [0.15, 0.2) is 47.4 Å². The summed E-state index contributed by atoms with van der Waals surface area (Å²) in [5.41, 5.74) is 1.24. The highest BCUT2D eigenvalue weighted by molar-refractivity contribution is 7.99. The molecule has 1 amide bonds. The van der Waals surface area contributed by atoms with Crippen LogP contribution in [0.1, 0.15) is 10.8 Å². The molecule has 0 radical (unpaired) electrons. The SMILES string of the molecule is COc1ccc([C@H]2Sc3c(F)cccc3N(CCN(C)C)C(=O)[C@H]2O)cc1.Cl.